The van der Waals surface area contributed by atoms with Crippen LogP contribution in [0.15, 0.2) is 48.8 Å². The first-order chi connectivity index (χ1) is 23.7. The normalized spacial score (nSPS) is 12.1. The van der Waals surface area contributed by atoms with Gasteiger partial charge in [0.25, 0.3) is 0 Å². The van der Waals surface area contributed by atoms with Gasteiger partial charge in [-0.25, -0.2) is 23.2 Å². The monoisotopic (exact) mass is 772 g/mol. The third-order valence-corrected chi connectivity index (χ3v) is 9.68. The maximum absolute atomic E-state index is 13.8. The number of carboxylic acid groups (broad SMARTS) is 1. The highest BCUT2D eigenvalue weighted by Gasteiger charge is 2.38. The van der Waals surface area contributed by atoms with E-state index >= 15 is 0 Å². The molecule has 3 rings (SSSR count). The van der Waals surface area contributed by atoms with E-state index < -0.39 is 47.3 Å². The van der Waals surface area contributed by atoms with Gasteiger partial charge in [0, 0.05) is 37.2 Å². The van der Waals surface area contributed by atoms with Crippen LogP contribution < -0.4 is 14.9 Å². The largest absolute Gasteiger partial charge is 0.490 e. The van der Waals surface area contributed by atoms with Crippen molar-refractivity contribution in [3.63, 3.8) is 0 Å². The summed E-state index contributed by atoms with van der Waals surface area (Å²) in [7, 11) is -5.72. The van der Waals surface area contributed by atoms with E-state index in [9.17, 15) is 39.3 Å². The summed E-state index contributed by atoms with van der Waals surface area (Å²) in [6.07, 6.45) is -3.41. The average molecular weight is 773 g/mol. The summed E-state index contributed by atoms with van der Waals surface area (Å²) in [4.78, 5) is 20.9. The maximum atomic E-state index is 13.8. The lowest BCUT2D eigenvalue weighted by Crippen LogP contribution is -2.27. The lowest BCUT2D eigenvalue weighted by atomic mass is 10.2. The third-order valence-electron chi connectivity index (χ3n) is 6.60. The Hall–Kier alpha value is -4.00. The lowest BCUT2D eigenvalue weighted by Gasteiger charge is -2.20. The fraction of sp³-hybridized carbons (Fsp3) is 0.467. The predicted molar refractivity (Wildman–Crippen MR) is 178 cm³/mol. The summed E-state index contributed by atoms with van der Waals surface area (Å²) < 4.78 is 123. The number of halogens is 6. The van der Waals surface area contributed by atoms with Crippen LogP contribution in [0.5, 0.6) is 0 Å². The van der Waals surface area contributed by atoms with Crippen molar-refractivity contribution in [2.45, 2.75) is 64.6 Å². The highest BCUT2D eigenvalue weighted by molar-refractivity contribution is 7.92. The molecule has 0 saturated heterocycles. The van der Waals surface area contributed by atoms with Crippen molar-refractivity contribution in [1.29, 1.82) is 0 Å². The molecule has 284 valence electrons. The van der Waals surface area contributed by atoms with Gasteiger partial charge in [0.15, 0.2) is 0 Å². The number of aliphatic carboxylic acids is 1. The first kappa shape index (κ1) is 43.2. The summed E-state index contributed by atoms with van der Waals surface area (Å²) in [6.45, 7) is 4.48. The molecule has 0 radical (unpaired) electrons. The molecular weight excluding hydrogens is 733 g/mol. The second-order valence-electron chi connectivity index (χ2n) is 10.8. The van der Waals surface area contributed by atoms with Crippen LogP contribution in [-0.2, 0) is 47.3 Å². The molecule has 3 aromatic rings. The van der Waals surface area contributed by atoms with E-state index in [4.69, 9.17) is 18.9 Å². The Labute approximate surface area is 291 Å². The fourth-order valence-corrected chi connectivity index (χ4v) is 6.05. The molecule has 2 heterocycles. The zero-order valence-corrected chi connectivity index (χ0v) is 29.8. The number of benzene rings is 1. The van der Waals surface area contributed by atoms with Crippen LogP contribution in [0.4, 0.5) is 49.6 Å². The number of carboxylic acids is 1. The number of hydrogen-bond donors (Lipinski definition) is 3. The van der Waals surface area contributed by atoms with Gasteiger partial charge in [-0.2, -0.15) is 31.3 Å². The molecule has 0 unspecified atom stereocenters. The van der Waals surface area contributed by atoms with Crippen molar-refractivity contribution in [3.05, 3.63) is 65.5 Å². The first-order valence-electron chi connectivity index (χ1n) is 15.3. The number of rotatable bonds is 17. The molecule has 51 heavy (non-hydrogen) atoms. The van der Waals surface area contributed by atoms with E-state index in [1.54, 1.807) is 36.4 Å². The van der Waals surface area contributed by atoms with Crippen molar-refractivity contribution >= 4 is 46.9 Å². The number of pyridine rings is 1. The summed E-state index contributed by atoms with van der Waals surface area (Å²) in [6, 6.07) is 9.85. The molecule has 1 aromatic carbocycles. The molecule has 21 heteroatoms. The van der Waals surface area contributed by atoms with Crippen LogP contribution in [0.3, 0.4) is 0 Å². The van der Waals surface area contributed by atoms with E-state index in [0.29, 0.717) is 36.2 Å². The average Bonchev–Trinajstić information content (AvgIpc) is 3.04. The Kier molecular flexibility index (Phi) is 16.1. The summed E-state index contributed by atoms with van der Waals surface area (Å²) in [5.74, 6) is -3.30. The van der Waals surface area contributed by atoms with Crippen LogP contribution in [0.1, 0.15) is 56.2 Å². The Bertz CT molecular complexity index is 1720. The van der Waals surface area contributed by atoms with Crippen LogP contribution in [0.25, 0.3) is 0 Å². The molecule has 0 spiro atoms. The second-order valence-corrected chi connectivity index (χ2v) is 14.9. The molecule has 0 saturated carbocycles. The van der Waals surface area contributed by atoms with Crippen molar-refractivity contribution < 1.29 is 58.3 Å². The SMILES string of the molecule is CCCCOP(=O)(Cc1ccc(Nc2ncc(C(F)(F)F)c(NCc3cccnc3N(C)S(C)(=O)=O)n2)cc1)OCCCC.O=C(O)C(F)(F)F. The molecular formula is C30H39F6N6O7PS. The van der Waals surface area contributed by atoms with Crippen LogP contribution in [0, 0.1) is 0 Å². The quantitative estimate of drug-likeness (QED) is 0.0698. The van der Waals surface area contributed by atoms with Crippen molar-refractivity contribution in [1.82, 2.24) is 15.0 Å². The number of nitrogens with one attached hydrogen (secondary N) is 2. The molecule has 0 bridgehead atoms. The van der Waals surface area contributed by atoms with Gasteiger partial charge in [0.2, 0.25) is 16.0 Å². The number of hydrogen-bond acceptors (Lipinski definition) is 11. The van der Waals surface area contributed by atoms with Gasteiger partial charge in [-0.1, -0.05) is 44.9 Å². The number of unbranched alkanes of at least 4 members (excludes halogenated alkanes) is 2. The minimum Gasteiger partial charge on any atom is -0.475 e. The third kappa shape index (κ3) is 14.6. The highest BCUT2D eigenvalue weighted by Crippen LogP contribution is 2.51. The van der Waals surface area contributed by atoms with E-state index in [2.05, 4.69) is 25.6 Å². The second kappa shape index (κ2) is 19.0. The molecule has 0 aliphatic carbocycles. The number of alkyl halides is 6. The summed E-state index contributed by atoms with van der Waals surface area (Å²) >= 11 is 0. The van der Waals surface area contributed by atoms with Crippen molar-refractivity contribution in [2.75, 3.05) is 41.5 Å². The topological polar surface area (TPSA) is 173 Å². The Morgan fingerprint density at radius 1 is 0.980 bits per heavy atom. The van der Waals surface area contributed by atoms with Gasteiger partial charge in [0.1, 0.15) is 17.2 Å². The molecule has 0 atom stereocenters. The first-order valence-corrected chi connectivity index (χ1v) is 18.9. The standard InChI is InChI=1S/C28H38F3N6O5PS.C2HF3O2/c1-5-7-16-41-43(38,42-17-8-6-2)20-21-11-13-23(14-12-21)35-27-34-19-24(28(29,30)31)25(36-27)33-18-22-10-9-15-32-26(22)37(3)44(4,39)40;3-2(4,5)1(6)7/h9-15,19H,5-8,16-18,20H2,1-4H3,(H2,33,34,35,36);(H,6,7). The predicted octanol–water partition coefficient (Wildman–Crippen LogP) is 7.60. The number of sulfonamides is 1. The molecule has 0 amide bonds. The Morgan fingerprint density at radius 3 is 2.04 bits per heavy atom. The molecule has 0 aliphatic heterocycles. The maximum Gasteiger partial charge on any atom is 0.490 e. The Morgan fingerprint density at radius 2 is 1.55 bits per heavy atom. The van der Waals surface area contributed by atoms with Gasteiger partial charge in [-0.15, -0.1) is 0 Å². The van der Waals surface area contributed by atoms with Crippen molar-refractivity contribution in [3.8, 4) is 0 Å². The minimum absolute atomic E-state index is 0.0691. The summed E-state index contributed by atoms with van der Waals surface area (Å²) in [5.41, 5.74) is 0.431. The highest BCUT2D eigenvalue weighted by atomic mass is 32.2. The van der Waals surface area contributed by atoms with Gasteiger partial charge in [0.05, 0.1) is 25.6 Å². The van der Waals surface area contributed by atoms with Crippen molar-refractivity contribution in [2.24, 2.45) is 0 Å². The number of anilines is 4. The molecule has 2 aromatic heterocycles. The molecule has 0 aliphatic rings. The minimum atomic E-state index is -5.08. The molecule has 0 fully saturated rings. The summed E-state index contributed by atoms with van der Waals surface area (Å²) in [5, 5.41) is 12.7. The van der Waals surface area contributed by atoms with Gasteiger partial charge < -0.3 is 24.8 Å². The number of aromatic nitrogens is 3. The smallest absolute Gasteiger partial charge is 0.475 e. The zero-order chi connectivity index (χ0) is 38.5. The molecule has 13 nitrogen and oxygen atoms in total. The number of carbonyl (C=O) groups is 1. The lowest BCUT2D eigenvalue weighted by molar-refractivity contribution is -0.192. The fourth-order valence-electron chi connectivity index (χ4n) is 3.84. The van der Waals surface area contributed by atoms with Crippen LogP contribution in [-0.4, -0.2) is 67.1 Å². The number of nitrogens with zero attached hydrogens (tertiary/aromatic N) is 4. The molecule has 3 N–H and O–H groups in total. The van der Waals surface area contributed by atoms with Crippen LogP contribution in [0.2, 0.25) is 0 Å². The van der Waals surface area contributed by atoms with Crippen LogP contribution >= 0.6 is 7.60 Å². The van der Waals surface area contributed by atoms with Gasteiger partial charge in [-0.3, -0.25) is 8.87 Å². The van der Waals surface area contributed by atoms with Gasteiger partial charge >= 0.3 is 25.9 Å². The van der Waals surface area contributed by atoms with E-state index in [1.165, 1.54) is 13.2 Å². The Balaban J connectivity index is 0.00000116. The van der Waals surface area contributed by atoms with E-state index in [0.717, 1.165) is 36.2 Å². The van der Waals surface area contributed by atoms with Gasteiger partial charge in [-0.05, 0) is 36.6 Å². The zero-order valence-electron chi connectivity index (χ0n) is 28.1. The van der Waals surface area contributed by atoms with E-state index in [1.807, 2.05) is 13.8 Å². The van der Waals surface area contributed by atoms with E-state index in [-0.39, 0.29) is 24.5 Å².